The van der Waals surface area contributed by atoms with Gasteiger partial charge in [0.2, 0.25) is 0 Å². The van der Waals surface area contributed by atoms with E-state index in [1.165, 1.54) is 13.8 Å². The van der Waals surface area contributed by atoms with Gasteiger partial charge in [0, 0.05) is 5.56 Å². The molecule has 0 amide bonds. The normalized spacial score (nSPS) is 13.3. The summed E-state index contributed by atoms with van der Waals surface area (Å²) in [5.41, 5.74) is -1.89. The third-order valence-electron chi connectivity index (χ3n) is 2.31. The third kappa shape index (κ3) is 1.90. The Hall–Kier alpha value is -1.13. The average Bonchev–Trinajstić information content (AvgIpc) is 2.14. The van der Waals surface area contributed by atoms with Gasteiger partial charge in [-0.2, -0.15) is 0 Å². The van der Waals surface area contributed by atoms with Crippen molar-refractivity contribution < 1.29 is 22.0 Å². The van der Waals surface area contributed by atoms with Crippen molar-refractivity contribution in [2.45, 2.75) is 32.9 Å². The van der Waals surface area contributed by atoms with Gasteiger partial charge in [-0.15, -0.1) is 0 Å². The maximum atomic E-state index is 13.4. The molecule has 0 aliphatic rings. The Morgan fingerprint density at radius 1 is 0.688 bits per heavy atom. The second-order valence-corrected chi connectivity index (χ2v) is 3.85. The first kappa shape index (κ1) is 12.9. The van der Waals surface area contributed by atoms with Gasteiger partial charge in [0.25, 0.3) is 0 Å². The summed E-state index contributed by atoms with van der Waals surface area (Å²) in [6.07, 6.45) is -2.11. The molecule has 0 fully saturated rings. The molecule has 0 spiro atoms. The van der Waals surface area contributed by atoms with Gasteiger partial charge in [-0.1, -0.05) is 13.8 Å². The molecule has 16 heavy (non-hydrogen) atoms. The molecule has 1 rings (SSSR count). The van der Waals surface area contributed by atoms with Crippen LogP contribution in [0.5, 0.6) is 0 Å². The minimum atomic E-state index is -2.11. The van der Waals surface area contributed by atoms with Crippen LogP contribution >= 0.6 is 0 Å². The minimum absolute atomic E-state index is 0.695. The molecule has 1 unspecified atom stereocenters. The highest BCUT2D eigenvalue weighted by Gasteiger charge is 2.29. The van der Waals surface area contributed by atoms with Crippen LogP contribution in [0.15, 0.2) is 0 Å². The van der Waals surface area contributed by atoms with Gasteiger partial charge >= 0.3 is 0 Å². The highest BCUT2D eigenvalue weighted by Crippen LogP contribution is 2.33. The number of hydrogen-bond donors (Lipinski definition) is 0. The summed E-state index contributed by atoms with van der Waals surface area (Å²) in [5, 5.41) is 0. The van der Waals surface area contributed by atoms with Gasteiger partial charge in [-0.3, -0.25) is 0 Å². The number of benzene rings is 1. The average molecular weight is 238 g/mol. The lowest BCUT2D eigenvalue weighted by atomic mass is 9.97. The third-order valence-corrected chi connectivity index (χ3v) is 2.31. The van der Waals surface area contributed by atoms with Crippen LogP contribution in [0.2, 0.25) is 0 Å². The van der Waals surface area contributed by atoms with E-state index in [9.17, 15) is 22.0 Å². The molecule has 0 aliphatic heterocycles. The maximum absolute atomic E-state index is 13.4. The van der Waals surface area contributed by atoms with E-state index in [0.717, 1.165) is 6.92 Å². The Balaban J connectivity index is 3.63. The van der Waals surface area contributed by atoms with Crippen molar-refractivity contribution in [2.24, 2.45) is 0 Å². The van der Waals surface area contributed by atoms with Crippen molar-refractivity contribution in [3.63, 3.8) is 0 Å². The van der Waals surface area contributed by atoms with Gasteiger partial charge in [-0.05, 0) is 12.8 Å². The number of alkyl halides is 1. The van der Waals surface area contributed by atoms with Crippen LogP contribution in [0.4, 0.5) is 22.0 Å². The fraction of sp³-hybridized carbons (Fsp3) is 0.455. The first-order valence-electron chi connectivity index (χ1n) is 4.78. The molecule has 0 saturated carbocycles. The van der Waals surface area contributed by atoms with Crippen LogP contribution in [-0.2, 0) is 0 Å². The molecule has 1 aromatic carbocycles. The Bertz CT molecular complexity index is 341. The summed E-state index contributed by atoms with van der Waals surface area (Å²) in [6, 6.07) is 0. The van der Waals surface area contributed by atoms with Crippen molar-refractivity contribution in [3.05, 3.63) is 34.4 Å². The first-order chi connectivity index (χ1) is 7.29. The molecule has 0 saturated heterocycles. The Morgan fingerprint density at radius 3 is 1.25 bits per heavy atom. The molecule has 1 aromatic rings. The van der Waals surface area contributed by atoms with Gasteiger partial charge in [0.05, 0.1) is 5.56 Å². The molecular formula is C11H11F5. The van der Waals surface area contributed by atoms with Crippen LogP contribution in [0.25, 0.3) is 0 Å². The predicted molar refractivity (Wildman–Crippen MR) is 49.9 cm³/mol. The van der Waals surface area contributed by atoms with Gasteiger partial charge in [0.1, 0.15) is 6.17 Å². The molecule has 1 atom stereocenters. The summed E-state index contributed by atoms with van der Waals surface area (Å²) in [6.45, 7) is 3.59. The van der Waals surface area contributed by atoms with Gasteiger partial charge in [0.15, 0.2) is 23.3 Å². The van der Waals surface area contributed by atoms with E-state index in [2.05, 4.69) is 0 Å². The summed E-state index contributed by atoms with van der Waals surface area (Å²) < 4.78 is 66.2. The fourth-order valence-corrected chi connectivity index (χ4v) is 1.52. The van der Waals surface area contributed by atoms with E-state index in [-0.39, 0.29) is 0 Å². The number of halogens is 5. The molecule has 5 heteroatoms. The van der Waals surface area contributed by atoms with Crippen molar-refractivity contribution >= 4 is 0 Å². The Kier molecular flexibility index (Phi) is 3.55. The van der Waals surface area contributed by atoms with E-state index in [4.69, 9.17) is 0 Å². The highest BCUT2D eigenvalue weighted by molar-refractivity contribution is 5.32. The maximum Gasteiger partial charge on any atom is 0.168 e. The predicted octanol–water partition coefficient (Wildman–Crippen LogP) is 4.40. The van der Waals surface area contributed by atoms with Gasteiger partial charge < -0.3 is 0 Å². The molecule has 0 nitrogen and oxygen atoms in total. The standard InChI is InChI=1S/C11H11F5/c1-4(2)6-8(13)10(15)7(5(3)12)11(16)9(6)14/h4-5H,1-3H3. The zero-order chi connectivity index (χ0) is 12.6. The lowest BCUT2D eigenvalue weighted by Gasteiger charge is -2.14. The number of rotatable bonds is 2. The highest BCUT2D eigenvalue weighted by atomic mass is 19.2. The Labute approximate surface area is 90.1 Å². The molecule has 0 radical (unpaired) electrons. The molecule has 0 heterocycles. The summed E-state index contributed by atoms with van der Waals surface area (Å²) >= 11 is 0. The fourth-order valence-electron chi connectivity index (χ4n) is 1.52. The molecular weight excluding hydrogens is 227 g/mol. The molecule has 90 valence electrons. The van der Waals surface area contributed by atoms with Crippen molar-refractivity contribution in [1.82, 2.24) is 0 Å². The van der Waals surface area contributed by atoms with E-state index in [0.29, 0.717) is 0 Å². The lowest BCUT2D eigenvalue weighted by molar-refractivity contribution is 0.326. The monoisotopic (exact) mass is 238 g/mol. The van der Waals surface area contributed by atoms with Crippen LogP contribution in [-0.4, -0.2) is 0 Å². The molecule has 0 N–H and O–H groups in total. The summed E-state index contributed by atoms with van der Waals surface area (Å²) in [7, 11) is 0. The van der Waals surface area contributed by atoms with E-state index < -0.39 is 46.5 Å². The quantitative estimate of drug-likeness (QED) is 0.529. The van der Waals surface area contributed by atoms with E-state index in [1.807, 2.05) is 0 Å². The second kappa shape index (κ2) is 4.39. The van der Waals surface area contributed by atoms with E-state index in [1.54, 1.807) is 0 Å². The smallest absolute Gasteiger partial charge is 0.168 e. The van der Waals surface area contributed by atoms with Crippen LogP contribution in [0, 0.1) is 23.3 Å². The summed E-state index contributed by atoms with van der Waals surface area (Å²) in [5.74, 6) is -7.08. The zero-order valence-electron chi connectivity index (χ0n) is 9.04. The number of hydrogen-bond acceptors (Lipinski definition) is 0. The summed E-state index contributed by atoms with van der Waals surface area (Å²) in [4.78, 5) is 0. The van der Waals surface area contributed by atoms with Gasteiger partial charge in [-0.25, -0.2) is 22.0 Å². The van der Waals surface area contributed by atoms with Crippen LogP contribution in [0.3, 0.4) is 0 Å². The topological polar surface area (TPSA) is 0 Å². The van der Waals surface area contributed by atoms with Crippen molar-refractivity contribution in [2.75, 3.05) is 0 Å². The van der Waals surface area contributed by atoms with Crippen molar-refractivity contribution in [1.29, 1.82) is 0 Å². The molecule has 0 bridgehead atoms. The minimum Gasteiger partial charge on any atom is -0.242 e. The van der Waals surface area contributed by atoms with Crippen molar-refractivity contribution in [3.8, 4) is 0 Å². The molecule has 0 aliphatic carbocycles. The van der Waals surface area contributed by atoms with Crippen LogP contribution in [0.1, 0.15) is 44.0 Å². The van der Waals surface area contributed by atoms with E-state index >= 15 is 0 Å². The second-order valence-electron chi connectivity index (χ2n) is 3.85. The lowest BCUT2D eigenvalue weighted by Crippen LogP contribution is -2.10. The SMILES string of the molecule is CC(C)c1c(F)c(F)c(C(C)F)c(F)c1F. The Morgan fingerprint density at radius 2 is 1.00 bits per heavy atom. The zero-order valence-corrected chi connectivity index (χ0v) is 9.04. The largest absolute Gasteiger partial charge is 0.242 e. The van der Waals surface area contributed by atoms with Crippen LogP contribution < -0.4 is 0 Å². The first-order valence-corrected chi connectivity index (χ1v) is 4.78. The molecule has 0 aromatic heterocycles.